The smallest absolute Gasteiger partial charge is 0.248 e. The molecule has 2 heterocycles. The van der Waals surface area contributed by atoms with Crippen molar-refractivity contribution in [3.63, 3.8) is 0 Å². The molecule has 29 heavy (non-hydrogen) atoms. The Morgan fingerprint density at radius 2 is 1.97 bits per heavy atom. The van der Waals surface area contributed by atoms with E-state index in [-0.39, 0.29) is 11.7 Å². The van der Waals surface area contributed by atoms with Gasteiger partial charge in [0.05, 0.1) is 0 Å². The molecule has 2 aliphatic heterocycles. The van der Waals surface area contributed by atoms with Crippen molar-refractivity contribution in [3.05, 3.63) is 66.0 Å². The zero-order valence-electron chi connectivity index (χ0n) is 16.9. The summed E-state index contributed by atoms with van der Waals surface area (Å²) in [5.41, 5.74) is 2.62. The van der Waals surface area contributed by atoms with Gasteiger partial charge in [-0.25, -0.2) is 4.39 Å². The van der Waals surface area contributed by atoms with Gasteiger partial charge in [-0.2, -0.15) is 0 Å². The number of carbonyl (C=O) groups excluding carboxylic acids is 1. The minimum absolute atomic E-state index is 0.230. The van der Waals surface area contributed by atoms with Crippen LogP contribution in [0.3, 0.4) is 0 Å². The Labute approximate surface area is 172 Å². The summed E-state index contributed by atoms with van der Waals surface area (Å²) in [6.45, 7) is 5.73. The summed E-state index contributed by atoms with van der Waals surface area (Å²) in [6.07, 6.45) is 6.88. The first-order valence-electron chi connectivity index (χ1n) is 10.4. The molecule has 2 saturated heterocycles. The SMILES string of the molecule is CC1CCCN1C1CCN(c2ccc(NC(=O)/C=C/c3cccc(F)c3)cc2)C1. The van der Waals surface area contributed by atoms with Gasteiger partial charge < -0.3 is 10.2 Å². The summed E-state index contributed by atoms with van der Waals surface area (Å²) in [7, 11) is 0. The molecular weight excluding hydrogens is 365 g/mol. The summed E-state index contributed by atoms with van der Waals surface area (Å²) in [6, 6.07) is 15.5. The summed E-state index contributed by atoms with van der Waals surface area (Å²) in [5, 5.41) is 2.86. The molecule has 0 aliphatic carbocycles. The van der Waals surface area contributed by atoms with Crippen molar-refractivity contribution in [1.29, 1.82) is 0 Å². The molecule has 0 bridgehead atoms. The van der Waals surface area contributed by atoms with Gasteiger partial charge in [0, 0.05) is 42.6 Å². The summed E-state index contributed by atoms with van der Waals surface area (Å²) < 4.78 is 13.2. The molecule has 2 aromatic carbocycles. The van der Waals surface area contributed by atoms with Gasteiger partial charge in [-0.3, -0.25) is 9.69 Å². The molecule has 152 valence electrons. The van der Waals surface area contributed by atoms with E-state index in [1.807, 2.05) is 12.1 Å². The Kier molecular flexibility index (Phi) is 5.95. The van der Waals surface area contributed by atoms with Crippen molar-refractivity contribution >= 4 is 23.4 Å². The predicted molar refractivity (Wildman–Crippen MR) is 117 cm³/mol. The number of halogens is 1. The van der Waals surface area contributed by atoms with Gasteiger partial charge >= 0.3 is 0 Å². The van der Waals surface area contributed by atoms with Crippen molar-refractivity contribution in [3.8, 4) is 0 Å². The molecule has 1 amide bonds. The lowest BCUT2D eigenvalue weighted by Gasteiger charge is -2.28. The highest BCUT2D eigenvalue weighted by molar-refractivity contribution is 6.02. The lowest BCUT2D eigenvalue weighted by atomic mass is 10.2. The van der Waals surface area contributed by atoms with Crippen molar-refractivity contribution in [2.24, 2.45) is 0 Å². The van der Waals surface area contributed by atoms with Gasteiger partial charge in [0.15, 0.2) is 0 Å². The molecule has 0 radical (unpaired) electrons. The second kappa shape index (κ2) is 8.78. The lowest BCUT2D eigenvalue weighted by Crippen LogP contribution is -2.39. The molecule has 0 spiro atoms. The van der Waals surface area contributed by atoms with Crippen LogP contribution in [0.15, 0.2) is 54.6 Å². The Morgan fingerprint density at radius 1 is 1.14 bits per heavy atom. The van der Waals surface area contributed by atoms with Crippen LogP contribution in [0.4, 0.5) is 15.8 Å². The second-order valence-corrected chi connectivity index (χ2v) is 8.04. The molecule has 2 fully saturated rings. The number of anilines is 2. The predicted octanol–water partition coefficient (Wildman–Crippen LogP) is 4.54. The van der Waals surface area contributed by atoms with Gasteiger partial charge in [-0.1, -0.05) is 12.1 Å². The van der Waals surface area contributed by atoms with Crippen LogP contribution < -0.4 is 10.2 Å². The molecule has 2 aliphatic rings. The van der Waals surface area contributed by atoms with Crippen LogP contribution in [0.1, 0.15) is 31.7 Å². The van der Waals surface area contributed by atoms with E-state index in [1.165, 1.54) is 49.7 Å². The van der Waals surface area contributed by atoms with Crippen LogP contribution >= 0.6 is 0 Å². The van der Waals surface area contributed by atoms with Crippen molar-refractivity contribution in [2.75, 3.05) is 29.9 Å². The number of benzene rings is 2. The zero-order chi connectivity index (χ0) is 20.2. The Bertz CT molecular complexity index is 880. The maximum Gasteiger partial charge on any atom is 0.248 e. The highest BCUT2D eigenvalue weighted by atomic mass is 19.1. The first-order valence-corrected chi connectivity index (χ1v) is 10.4. The van der Waals surface area contributed by atoms with Crippen LogP contribution in [0.5, 0.6) is 0 Å². The van der Waals surface area contributed by atoms with E-state index in [4.69, 9.17) is 0 Å². The maximum atomic E-state index is 13.2. The number of hydrogen-bond acceptors (Lipinski definition) is 3. The molecule has 0 aromatic heterocycles. The molecule has 2 atom stereocenters. The van der Waals surface area contributed by atoms with E-state index in [0.29, 0.717) is 17.6 Å². The first kappa shape index (κ1) is 19.6. The van der Waals surface area contributed by atoms with Crippen LogP contribution in [0, 0.1) is 5.82 Å². The van der Waals surface area contributed by atoms with E-state index in [0.717, 1.165) is 18.8 Å². The van der Waals surface area contributed by atoms with Gasteiger partial charge in [0.1, 0.15) is 5.82 Å². The third-order valence-corrected chi connectivity index (χ3v) is 6.01. The van der Waals surface area contributed by atoms with Crippen LogP contribution in [-0.4, -0.2) is 42.5 Å². The topological polar surface area (TPSA) is 35.6 Å². The Balaban J connectivity index is 1.32. The van der Waals surface area contributed by atoms with E-state index in [2.05, 4.69) is 34.2 Å². The average molecular weight is 394 g/mol. The van der Waals surface area contributed by atoms with E-state index in [1.54, 1.807) is 18.2 Å². The lowest BCUT2D eigenvalue weighted by molar-refractivity contribution is -0.111. The monoisotopic (exact) mass is 393 g/mol. The van der Waals surface area contributed by atoms with Gasteiger partial charge in [0.25, 0.3) is 0 Å². The number of amides is 1. The van der Waals surface area contributed by atoms with Gasteiger partial charge in [-0.15, -0.1) is 0 Å². The molecule has 5 heteroatoms. The third-order valence-electron chi connectivity index (χ3n) is 6.01. The van der Waals surface area contributed by atoms with Crippen molar-refractivity contribution in [2.45, 2.75) is 38.3 Å². The van der Waals surface area contributed by atoms with Crippen LogP contribution in [0.2, 0.25) is 0 Å². The third kappa shape index (κ3) is 4.85. The number of nitrogens with one attached hydrogen (secondary N) is 1. The van der Waals surface area contributed by atoms with E-state index < -0.39 is 0 Å². The number of nitrogens with zero attached hydrogens (tertiary/aromatic N) is 2. The average Bonchev–Trinajstić information content (AvgIpc) is 3.36. The number of carbonyl (C=O) groups is 1. The molecule has 4 rings (SSSR count). The van der Waals surface area contributed by atoms with E-state index >= 15 is 0 Å². The largest absolute Gasteiger partial charge is 0.370 e. The standard InChI is InChI=1S/C24H28FN3O/c1-18-4-3-14-28(18)23-13-15-27(17-23)22-10-8-21(9-11-22)26-24(29)12-7-19-5-2-6-20(25)16-19/h2,5-12,16,18,23H,3-4,13-15,17H2,1H3,(H,26,29)/b12-7+. The molecule has 1 N–H and O–H groups in total. The number of rotatable bonds is 5. The quantitative estimate of drug-likeness (QED) is 0.758. The highest BCUT2D eigenvalue weighted by Crippen LogP contribution is 2.28. The summed E-state index contributed by atoms with van der Waals surface area (Å²) in [5.74, 6) is -0.544. The fraction of sp³-hybridized carbons (Fsp3) is 0.375. The van der Waals surface area contributed by atoms with Crippen LogP contribution in [0.25, 0.3) is 6.08 Å². The fourth-order valence-corrected chi connectivity index (χ4v) is 4.47. The molecule has 2 aromatic rings. The molecule has 4 nitrogen and oxygen atoms in total. The Hall–Kier alpha value is -2.66. The molecular formula is C24H28FN3O. The minimum atomic E-state index is -0.313. The number of likely N-dealkylation sites (tertiary alicyclic amines) is 1. The highest BCUT2D eigenvalue weighted by Gasteiger charge is 2.32. The van der Waals surface area contributed by atoms with Crippen molar-refractivity contribution < 1.29 is 9.18 Å². The second-order valence-electron chi connectivity index (χ2n) is 8.04. The summed E-state index contributed by atoms with van der Waals surface area (Å²) >= 11 is 0. The van der Waals surface area contributed by atoms with Gasteiger partial charge in [0.2, 0.25) is 5.91 Å². The maximum absolute atomic E-state index is 13.2. The van der Waals surface area contributed by atoms with E-state index in [9.17, 15) is 9.18 Å². The van der Waals surface area contributed by atoms with Gasteiger partial charge in [-0.05, 0) is 80.8 Å². The normalized spacial score (nSPS) is 22.5. The molecule has 0 saturated carbocycles. The zero-order valence-corrected chi connectivity index (χ0v) is 16.9. The first-order chi connectivity index (χ1) is 14.1. The van der Waals surface area contributed by atoms with Crippen LogP contribution in [-0.2, 0) is 4.79 Å². The van der Waals surface area contributed by atoms with Crippen molar-refractivity contribution in [1.82, 2.24) is 4.90 Å². The number of hydrogen-bond donors (Lipinski definition) is 1. The Morgan fingerprint density at radius 3 is 2.69 bits per heavy atom. The minimum Gasteiger partial charge on any atom is -0.370 e. The summed E-state index contributed by atoms with van der Waals surface area (Å²) in [4.78, 5) is 17.2. The fourth-order valence-electron chi connectivity index (χ4n) is 4.47. The molecule has 2 unspecified atom stereocenters.